The predicted molar refractivity (Wildman–Crippen MR) is 201 cm³/mol. The fourth-order valence-corrected chi connectivity index (χ4v) is 9.27. The van der Waals surface area contributed by atoms with Crippen LogP contribution in [0.3, 0.4) is 0 Å². The number of oxime groups is 1. The van der Waals surface area contributed by atoms with E-state index in [0.29, 0.717) is 30.9 Å². The fourth-order valence-electron chi connectivity index (χ4n) is 9.27. The second-order valence-corrected chi connectivity index (χ2v) is 15.6. The third kappa shape index (κ3) is 8.10. The number of hydrogen-bond acceptors (Lipinski definition) is 9. The summed E-state index contributed by atoms with van der Waals surface area (Å²) >= 11 is 0. The maximum absolute atomic E-state index is 14.6. The van der Waals surface area contributed by atoms with Gasteiger partial charge in [0.25, 0.3) is 0 Å². The molecule has 7 rings (SSSR count). The van der Waals surface area contributed by atoms with E-state index in [0.717, 1.165) is 74.5 Å². The maximum atomic E-state index is 14.6. The summed E-state index contributed by atoms with van der Waals surface area (Å²) in [4.78, 5) is 22.7. The molecule has 3 N–H and O–H groups in total. The van der Waals surface area contributed by atoms with Crippen LogP contribution in [0.5, 0.6) is 11.5 Å². The predicted octanol–water partition coefficient (Wildman–Crippen LogP) is 7.13. The molecule has 0 spiro atoms. The van der Waals surface area contributed by atoms with E-state index >= 15 is 0 Å². The van der Waals surface area contributed by atoms with E-state index in [-0.39, 0.29) is 73.9 Å². The van der Waals surface area contributed by atoms with Gasteiger partial charge in [-0.2, -0.15) is 0 Å². The number of halogens is 1. The fraction of sp³-hybridized carbons (Fsp3) is 0.581. The van der Waals surface area contributed by atoms with E-state index in [1.54, 1.807) is 36.4 Å². The molecule has 3 aliphatic carbocycles. The Hall–Kier alpha value is -3.77. The van der Waals surface area contributed by atoms with Crippen LogP contribution in [0.25, 0.3) is 0 Å². The SMILES string of the molecule is C=CCOC12Oc3ccc(O)cc3C3C(CCCCO)C(CCCCO)C=C(C(=NOC4CCCCO4)CC1N(Cc1ccc(F)cc1)C(=O)C1CC1)C32. The molecule has 0 aromatic heterocycles. The molecule has 0 radical (unpaired) electrons. The molecule has 11 heteroatoms. The van der Waals surface area contributed by atoms with Crippen molar-refractivity contribution in [2.24, 2.45) is 28.8 Å². The van der Waals surface area contributed by atoms with Crippen molar-refractivity contribution in [2.75, 3.05) is 26.4 Å². The Morgan fingerprint density at radius 3 is 2.52 bits per heavy atom. The summed E-state index contributed by atoms with van der Waals surface area (Å²) in [7, 11) is 0. The number of ether oxygens (including phenoxy) is 3. The lowest BCUT2D eigenvalue weighted by Crippen LogP contribution is -2.70. The number of carbonyl (C=O) groups is 1. The first-order valence-electron chi connectivity index (χ1n) is 20.0. The van der Waals surface area contributed by atoms with Gasteiger partial charge in [0.2, 0.25) is 18.0 Å². The molecule has 5 aliphatic rings. The molecule has 54 heavy (non-hydrogen) atoms. The molecular weight excluding hydrogens is 691 g/mol. The minimum absolute atomic E-state index is 0.0111. The standard InChI is InChI=1S/C43H55FN2O8/c1-2-22-52-43-38(46(42(50)29-14-15-29)27-28-12-16-31(44)17-13-28)26-36(45-54-39-11-5-8-23-51-39)34-24-30(9-3-6-20-47)33(10-4-7-21-48)40(41(34)43)35-25-32(49)18-19-37(35)53-43/h2,12-13,16-19,24-25,29-30,33,38-41,47-49H,1,3-11,14-15,20-23,26-27H2. The van der Waals surface area contributed by atoms with E-state index < -0.39 is 24.0 Å². The number of fused-ring (bicyclic) bond motifs is 2. The Bertz CT molecular complexity index is 1670. The average Bonchev–Trinajstić information content (AvgIpc) is 4.04. The van der Waals surface area contributed by atoms with Crippen LogP contribution in [0.2, 0.25) is 0 Å². The molecule has 3 fully saturated rings. The van der Waals surface area contributed by atoms with Gasteiger partial charge in [-0.1, -0.05) is 42.3 Å². The molecular formula is C43H55FN2O8. The van der Waals surface area contributed by atoms with Gasteiger partial charge in [0, 0.05) is 50.0 Å². The quantitative estimate of drug-likeness (QED) is 0.0886. The number of hydrogen-bond donors (Lipinski definition) is 3. The van der Waals surface area contributed by atoms with Gasteiger partial charge in [-0.05, 0) is 105 Å². The molecule has 2 aromatic rings. The molecule has 0 bridgehead atoms. The summed E-state index contributed by atoms with van der Waals surface area (Å²) in [6.45, 7) is 5.15. The number of phenolic OH excluding ortho intramolecular Hbond substituents is 1. The van der Waals surface area contributed by atoms with Gasteiger partial charge in [0.15, 0.2) is 0 Å². The van der Waals surface area contributed by atoms with Gasteiger partial charge in [-0.3, -0.25) is 4.79 Å². The molecule has 292 valence electrons. The number of allylic oxidation sites excluding steroid dienone is 1. The summed E-state index contributed by atoms with van der Waals surface area (Å²) in [5, 5.41) is 35.4. The molecule has 2 saturated carbocycles. The number of benzene rings is 2. The summed E-state index contributed by atoms with van der Waals surface area (Å²) < 4.78 is 34.3. The van der Waals surface area contributed by atoms with Crippen LogP contribution in [-0.2, 0) is 25.7 Å². The topological polar surface area (TPSA) is 130 Å². The number of phenols is 1. The van der Waals surface area contributed by atoms with Crippen LogP contribution < -0.4 is 4.74 Å². The summed E-state index contributed by atoms with van der Waals surface area (Å²) in [6, 6.07) is 10.8. The molecule has 2 aromatic carbocycles. The smallest absolute Gasteiger partial charge is 0.239 e. The number of aromatic hydroxyl groups is 1. The zero-order chi connectivity index (χ0) is 37.7. The van der Waals surface area contributed by atoms with Gasteiger partial charge in [-0.25, -0.2) is 4.39 Å². The lowest BCUT2D eigenvalue weighted by atomic mass is 9.55. The van der Waals surface area contributed by atoms with E-state index in [4.69, 9.17) is 24.2 Å². The molecule has 2 heterocycles. The van der Waals surface area contributed by atoms with Crippen LogP contribution in [0, 0.1) is 29.5 Å². The lowest BCUT2D eigenvalue weighted by Gasteiger charge is -2.60. The van der Waals surface area contributed by atoms with Crippen molar-refractivity contribution in [3.63, 3.8) is 0 Å². The first-order valence-corrected chi connectivity index (χ1v) is 20.0. The van der Waals surface area contributed by atoms with Crippen molar-refractivity contribution in [3.8, 4) is 11.5 Å². The maximum Gasteiger partial charge on any atom is 0.239 e. The van der Waals surface area contributed by atoms with Gasteiger partial charge in [0.1, 0.15) is 23.4 Å². The number of carbonyl (C=O) groups excluding carboxylic acids is 1. The number of unbranched alkanes of at least 4 members (excludes halogenated alkanes) is 2. The highest BCUT2D eigenvalue weighted by molar-refractivity contribution is 6.03. The van der Waals surface area contributed by atoms with Gasteiger partial charge in [-0.15, -0.1) is 6.58 Å². The first kappa shape index (κ1) is 38.5. The van der Waals surface area contributed by atoms with Crippen molar-refractivity contribution >= 4 is 11.6 Å². The van der Waals surface area contributed by atoms with Crippen LogP contribution in [0.4, 0.5) is 4.39 Å². The first-order chi connectivity index (χ1) is 26.4. The Balaban J connectivity index is 1.43. The van der Waals surface area contributed by atoms with Crippen LogP contribution >= 0.6 is 0 Å². The van der Waals surface area contributed by atoms with Gasteiger partial charge < -0.3 is 39.3 Å². The summed E-state index contributed by atoms with van der Waals surface area (Å²) in [5.74, 6) is -1.77. The van der Waals surface area contributed by atoms with Crippen LogP contribution in [0.1, 0.15) is 94.1 Å². The summed E-state index contributed by atoms with van der Waals surface area (Å²) in [6.07, 6.45) is 12.6. The third-order valence-corrected chi connectivity index (χ3v) is 11.9. The average molecular weight is 747 g/mol. The highest BCUT2D eigenvalue weighted by Gasteiger charge is 2.66. The van der Waals surface area contributed by atoms with Gasteiger partial charge in [0.05, 0.1) is 24.8 Å². The molecule has 1 saturated heterocycles. The highest BCUT2D eigenvalue weighted by Crippen LogP contribution is 2.62. The van der Waals surface area contributed by atoms with E-state index in [2.05, 4.69) is 12.7 Å². The Morgan fingerprint density at radius 2 is 1.81 bits per heavy atom. The Kier molecular flexibility index (Phi) is 12.4. The van der Waals surface area contributed by atoms with E-state index in [1.807, 2.05) is 4.90 Å². The van der Waals surface area contributed by atoms with E-state index in [1.165, 1.54) is 12.1 Å². The van der Waals surface area contributed by atoms with Crippen molar-refractivity contribution in [2.45, 2.75) is 108 Å². The number of aliphatic hydroxyl groups excluding tert-OH is 2. The van der Waals surface area contributed by atoms with Crippen molar-refractivity contribution in [3.05, 3.63) is 83.7 Å². The van der Waals surface area contributed by atoms with Crippen molar-refractivity contribution in [1.82, 2.24) is 4.90 Å². The normalized spacial score (nSPS) is 29.4. The monoisotopic (exact) mass is 746 g/mol. The highest BCUT2D eigenvalue weighted by atomic mass is 19.1. The molecule has 7 atom stereocenters. The molecule has 1 amide bonds. The molecule has 7 unspecified atom stereocenters. The van der Waals surface area contributed by atoms with Crippen LogP contribution in [-0.4, -0.2) is 76.4 Å². The number of rotatable bonds is 17. The van der Waals surface area contributed by atoms with Crippen molar-refractivity contribution < 1.29 is 43.6 Å². The number of nitrogens with zero attached hydrogens (tertiary/aromatic N) is 2. The number of amides is 1. The van der Waals surface area contributed by atoms with Gasteiger partial charge >= 0.3 is 0 Å². The minimum atomic E-state index is -1.40. The summed E-state index contributed by atoms with van der Waals surface area (Å²) in [5.41, 5.74) is 3.27. The number of aliphatic hydroxyl groups is 2. The second kappa shape index (κ2) is 17.4. The minimum Gasteiger partial charge on any atom is -0.508 e. The molecule has 10 nitrogen and oxygen atoms in total. The Labute approximate surface area is 317 Å². The Morgan fingerprint density at radius 1 is 1.04 bits per heavy atom. The zero-order valence-electron chi connectivity index (χ0n) is 31.1. The van der Waals surface area contributed by atoms with Crippen LogP contribution in [0.15, 0.2) is 71.9 Å². The second-order valence-electron chi connectivity index (χ2n) is 15.6. The van der Waals surface area contributed by atoms with Crippen molar-refractivity contribution in [1.29, 1.82) is 0 Å². The largest absolute Gasteiger partial charge is 0.508 e. The molecule has 2 aliphatic heterocycles. The lowest BCUT2D eigenvalue weighted by molar-refractivity contribution is -0.258. The van der Waals surface area contributed by atoms with E-state index in [9.17, 15) is 24.5 Å². The zero-order valence-corrected chi connectivity index (χ0v) is 31.1. The third-order valence-electron chi connectivity index (χ3n) is 11.9.